The first kappa shape index (κ1) is 15.3. The number of rotatable bonds is 7. The molecule has 0 amide bonds. The van der Waals surface area contributed by atoms with Crippen molar-refractivity contribution < 1.29 is 8.42 Å². The van der Waals surface area contributed by atoms with Crippen LogP contribution in [0.3, 0.4) is 0 Å². The Balaban J connectivity index is 2.16. The minimum absolute atomic E-state index is 0.104. The fraction of sp³-hybridized carbons (Fsp3) is 0.600. The van der Waals surface area contributed by atoms with Crippen molar-refractivity contribution in [2.24, 2.45) is 0 Å². The minimum atomic E-state index is -3.26. The number of benzene rings is 1. The average Bonchev–Trinajstić information content (AvgIpc) is 2.92. The summed E-state index contributed by atoms with van der Waals surface area (Å²) in [5, 5.41) is 3.27. The van der Waals surface area contributed by atoms with Crippen molar-refractivity contribution >= 4 is 15.7 Å². The van der Waals surface area contributed by atoms with Crippen LogP contribution >= 0.6 is 0 Å². The van der Waals surface area contributed by atoms with Gasteiger partial charge >= 0.3 is 0 Å². The van der Waals surface area contributed by atoms with Crippen molar-refractivity contribution in [1.82, 2.24) is 5.32 Å². The summed E-state index contributed by atoms with van der Waals surface area (Å²) >= 11 is 0. The van der Waals surface area contributed by atoms with E-state index >= 15 is 0 Å². The molecule has 4 nitrogen and oxygen atoms in total. The molecular weight excluding hydrogens is 272 g/mol. The molecule has 0 aliphatic carbocycles. The van der Waals surface area contributed by atoms with E-state index in [1.807, 2.05) is 30.3 Å². The van der Waals surface area contributed by atoms with Crippen LogP contribution in [0.5, 0.6) is 0 Å². The second-order valence-corrected chi connectivity index (χ2v) is 7.27. The Morgan fingerprint density at radius 2 is 2.05 bits per heavy atom. The molecule has 1 fully saturated rings. The Bertz CT molecular complexity index is 496. The van der Waals surface area contributed by atoms with E-state index in [2.05, 4.69) is 12.2 Å². The van der Waals surface area contributed by atoms with Crippen molar-refractivity contribution in [2.45, 2.75) is 38.6 Å². The molecular formula is C15H24N2O2S. The van der Waals surface area contributed by atoms with Crippen molar-refractivity contribution in [3.63, 3.8) is 0 Å². The molecule has 1 aromatic rings. The standard InChI is InChI=1S/C15H24N2O2S/c1-2-3-12-17(15-9-5-4-6-10-15)20(18,19)13-14-8-7-11-16-14/h4-6,9-10,14,16H,2-3,7-8,11-13H2,1H3. The zero-order chi connectivity index (χ0) is 14.4. The van der Waals surface area contributed by atoms with Crippen LogP contribution in [0, 0.1) is 0 Å². The summed E-state index contributed by atoms with van der Waals surface area (Å²) in [7, 11) is -3.26. The van der Waals surface area contributed by atoms with Crippen LogP contribution in [0.25, 0.3) is 0 Å². The van der Waals surface area contributed by atoms with E-state index in [1.165, 1.54) is 0 Å². The zero-order valence-corrected chi connectivity index (χ0v) is 12.9. The molecule has 1 saturated heterocycles. The van der Waals surface area contributed by atoms with E-state index in [-0.39, 0.29) is 11.8 Å². The van der Waals surface area contributed by atoms with E-state index in [0.29, 0.717) is 6.54 Å². The van der Waals surface area contributed by atoms with Gasteiger partial charge in [0.25, 0.3) is 0 Å². The van der Waals surface area contributed by atoms with E-state index in [4.69, 9.17) is 0 Å². The first-order chi connectivity index (χ1) is 9.63. The summed E-state index contributed by atoms with van der Waals surface area (Å²) in [6, 6.07) is 9.53. The van der Waals surface area contributed by atoms with E-state index in [1.54, 1.807) is 4.31 Å². The number of hydrogen-bond donors (Lipinski definition) is 1. The lowest BCUT2D eigenvalue weighted by Gasteiger charge is -2.26. The van der Waals surface area contributed by atoms with Gasteiger partial charge in [-0.3, -0.25) is 4.31 Å². The molecule has 1 aromatic carbocycles. The van der Waals surface area contributed by atoms with Gasteiger partial charge in [-0.25, -0.2) is 8.42 Å². The van der Waals surface area contributed by atoms with Crippen LogP contribution in [-0.4, -0.2) is 33.3 Å². The number of hydrogen-bond acceptors (Lipinski definition) is 3. The molecule has 0 saturated carbocycles. The summed E-state index contributed by atoms with van der Waals surface area (Å²) < 4.78 is 26.9. The number of anilines is 1. The number of sulfonamides is 1. The Kier molecular flexibility index (Phi) is 5.43. The molecule has 1 atom stereocenters. The van der Waals surface area contributed by atoms with Crippen molar-refractivity contribution in [2.75, 3.05) is 23.1 Å². The highest BCUT2D eigenvalue weighted by Crippen LogP contribution is 2.20. The first-order valence-electron chi connectivity index (χ1n) is 7.42. The molecule has 1 unspecified atom stereocenters. The quantitative estimate of drug-likeness (QED) is 0.840. The SMILES string of the molecule is CCCCN(c1ccccc1)S(=O)(=O)CC1CCCN1. The van der Waals surface area contributed by atoms with Gasteiger partial charge in [0.15, 0.2) is 0 Å². The summed E-state index contributed by atoms with van der Waals surface area (Å²) in [5.41, 5.74) is 0.777. The van der Waals surface area contributed by atoms with E-state index in [9.17, 15) is 8.42 Å². The first-order valence-corrected chi connectivity index (χ1v) is 9.03. The maximum absolute atomic E-state index is 12.7. The maximum atomic E-state index is 12.7. The lowest BCUT2D eigenvalue weighted by Crippen LogP contribution is -2.40. The molecule has 20 heavy (non-hydrogen) atoms. The van der Waals surface area contributed by atoms with Gasteiger partial charge in [-0.2, -0.15) is 0 Å². The molecule has 1 N–H and O–H groups in total. The van der Waals surface area contributed by atoms with Crippen LogP contribution in [0.1, 0.15) is 32.6 Å². The molecule has 0 aromatic heterocycles. The summed E-state index contributed by atoms with van der Waals surface area (Å²) in [6.45, 7) is 3.57. The average molecular weight is 296 g/mol. The maximum Gasteiger partial charge on any atom is 0.236 e. The molecule has 0 radical (unpaired) electrons. The molecule has 1 heterocycles. The third-order valence-corrected chi connectivity index (χ3v) is 5.56. The molecule has 0 spiro atoms. The van der Waals surface area contributed by atoms with Gasteiger partial charge in [-0.15, -0.1) is 0 Å². The van der Waals surface area contributed by atoms with Crippen LogP contribution in [-0.2, 0) is 10.0 Å². The normalized spacial score (nSPS) is 19.1. The summed E-state index contributed by atoms with van der Waals surface area (Å²) in [5.74, 6) is 0.200. The molecule has 2 rings (SSSR count). The fourth-order valence-corrected chi connectivity index (χ4v) is 4.39. The predicted octanol–water partition coefficient (Wildman–Crippen LogP) is 2.37. The van der Waals surface area contributed by atoms with Crippen LogP contribution in [0.2, 0.25) is 0 Å². The summed E-state index contributed by atoms with van der Waals surface area (Å²) in [6.07, 6.45) is 3.89. The van der Waals surface area contributed by atoms with Crippen LogP contribution in [0.4, 0.5) is 5.69 Å². The third kappa shape index (κ3) is 3.96. The van der Waals surface area contributed by atoms with Gasteiger partial charge in [-0.05, 0) is 37.9 Å². The Labute approximate surface area is 122 Å². The highest BCUT2D eigenvalue weighted by atomic mass is 32.2. The fourth-order valence-electron chi connectivity index (χ4n) is 2.57. The van der Waals surface area contributed by atoms with Crippen molar-refractivity contribution in [3.05, 3.63) is 30.3 Å². The van der Waals surface area contributed by atoms with E-state index in [0.717, 1.165) is 37.9 Å². The molecule has 0 bridgehead atoms. The smallest absolute Gasteiger partial charge is 0.236 e. The zero-order valence-electron chi connectivity index (χ0n) is 12.1. The molecule has 1 aliphatic rings. The van der Waals surface area contributed by atoms with E-state index < -0.39 is 10.0 Å². The summed E-state index contributed by atoms with van der Waals surface area (Å²) in [4.78, 5) is 0. The lowest BCUT2D eigenvalue weighted by atomic mass is 10.3. The van der Waals surface area contributed by atoms with Crippen molar-refractivity contribution in [3.8, 4) is 0 Å². The second kappa shape index (κ2) is 7.09. The van der Waals surface area contributed by atoms with Gasteiger partial charge in [0.05, 0.1) is 11.4 Å². The van der Waals surface area contributed by atoms with Gasteiger partial charge in [0.1, 0.15) is 0 Å². The Morgan fingerprint density at radius 3 is 2.65 bits per heavy atom. The molecule has 1 aliphatic heterocycles. The number of nitrogens with zero attached hydrogens (tertiary/aromatic N) is 1. The third-order valence-electron chi connectivity index (χ3n) is 3.67. The van der Waals surface area contributed by atoms with Crippen molar-refractivity contribution in [1.29, 1.82) is 0 Å². The van der Waals surface area contributed by atoms with Gasteiger partial charge in [0.2, 0.25) is 10.0 Å². The van der Waals surface area contributed by atoms with Crippen LogP contribution < -0.4 is 9.62 Å². The largest absolute Gasteiger partial charge is 0.313 e. The Hall–Kier alpha value is -1.07. The second-order valence-electron chi connectivity index (χ2n) is 5.33. The number of nitrogens with one attached hydrogen (secondary N) is 1. The van der Waals surface area contributed by atoms with Gasteiger partial charge in [0, 0.05) is 12.6 Å². The Morgan fingerprint density at radius 1 is 1.30 bits per heavy atom. The minimum Gasteiger partial charge on any atom is -0.313 e. The topological polar surface area (TPSA) is 49.4 Å². The van der Waals surface area contributed by atoms with Gasteiger partial charge < -0.3 is 5.32 Å². The number of para-hydroxylation sites is 1. The highest BCUT2D eigenvalue weighted by Gasteiger charge is 2.27. The molecule has 112 valence electrons. The monoisotopic (exact) mass is 296 g/mol. The number of unbranched alkanes of at least 4 members (excludes halogenated alkanes) is 1. The lowest BCUT2D eigenvalue weighted by molar-refractivity contribution is 0.570. The molecule has 5 heteroatoms. The predicted molar refractivity (Wildman–Crippen MR) is 83.5 cm³/mol. The van der Waals surface area contributed by atoms with Gasteiger partial charge in [-0.1, -0.05) is 31.5 Å². The highest BCUT2D eigenvalue weighted by molar-refractivity contribution is 7.92. The van der Waals surface area contributed by atoms with Crippen LogP contribution in [0.15, 0.2) is 30.3 Å².